The van der Waals surface area contributed by atoms with Gasteiger partial charge in [0.25, 0.3) is 0 Å². The Bertz CT molecular complexity index is 297. The maximum atomic E-state index is 5.92. The van der Waals surface area contributed by atoms with E-state index in [0.717, 1.165) is 28.3 Å². The van der Waals surface area contributed by atoms with Crippen LogP contribution in [0.2, 0.25) is 4.34 Å². The van der Waals surface area contributed by atoms with E-state index in [-0.39, 0.29) is 0 Å². The summed E-state index contributed by atoms with van der Waals surface area (Å²) in [6.07, 6.45) is 2.45. The zero-order valence-corrected chi connectivity index (χ0v) is 11.4. The van der Waals surface area contributed by atoms with E-state index >= 15 is 0 Å². The van der Waals surface area contributed by atoms with Gasteiger partial charge in [0.05, 0.1) is 12.9 Å². The molecule has 1 aromatic heterocycles. The minimum absolute atomic E-state index is 0.714. The van der Waals surface area contributed by atoms with Crippen molar-refractivity contribution in [1.82, 2.24) is 5.32 Å². The van der Waals surface area contributed by atoms with Gasteiger partial charge in [0.1, 0.15) is 4.34 Å². The van der Waals surface area contributed by atoms with E-state index < -0.39 is 0 Å². The molecule has 1 heterocycles. The van der Waals surface area contributed by atoms with Crippen molar-refractivity contribution in [3.63, 3.8) is 0 Å². The van der Waals surface area contributed by atoms with Crippen molar-refractivity contribution < 1.29 is 4.74 Å². The van der Waals surface area contributed by atoms with Gasteiger partial charge < -0.3 is 10.1 Å². The fourth-order valence-electron chi connectivity index (χ4n) is 1.05. The van der Waals surface area contributed by atoms with Crippen molar-refractivity contribution in [2.24, 2.45) is 0 Å². The SMILES string of the molecule is C=COCCCNCc1cc(Br)c(Cl)s1. The molecule has 0 amide bonds. The molecule has 0 radical (unpaired) electrons. The second-order valence-electron chi connectivity index (χ2n) is 2.90. The Morgan fingerprint density at radius 2 is 2.47 bits per heavy atom. The van der Waals surface area contributed by atoms with E-state index in [1.807, 2.05) is 6.07 Å². The van der Waals surface area contributed by atoms with E-state index in [9.17, 15) is 0 Å². The topological polar surface area (TPSA) is 21.3 Å². The molecule has 0 spiro atoms. The highest BCUT2D eigenvalue weighted by Gasteiger charge is 2.03. The predicted octanol–water partition coefficient (Wildman–Crippen LogP) is 3.80. The van der Waals surface area contributed by atoms with Crippen molar-refractivity contribution in [3.05, 3.63) is 32.6 Å². The lowest BCUT2D eigenvalue weighted by Crippen LogP contribution is -2.15. The van der Waals surface area contributed by atoms with Gasteiger partial charge >= 0.3 is 0 Å². The molecule has 0 aromatic carbocycles. The number of nitrogens with one attached hydrogen (secondary N) is 1. The molecule has 1 aromatic rings. The van der Waals surface area contributed by atoms with Crippen LogP contribution in [0.3, 0.4) is 0 Å². The zero-order chi connectivity index (χ0) is 11.1. The van der Waals surface area contributed by atoms with E-state index in [0.29, 0.717) is 6.61 Å². The lowest BCUT2D eigenvalue weighted by atomic mass is 10.4. The van der Waals surface area contributed by atoms with Crippen LogP contribution in [0.1, 0.15) is 11.3 Å². The molecular weight excluding hydrogens is 298 g/mol. The van der Waals surface area contributed by atoms with Gasteiger partial charge in [-0.25, -0.2) is 0 Å². The Hall–Kier alpha value is -0.0300. The van der Waals surface area contributed by atoms with Gasteiger partial charge in [0, 0.05) is 15.9 Å². The smallest absolute Gasteiger partial charge is 0.107 e. The van der Waals surface area contributed by atoms with Gasteiger partial charge in [-0.05, 0) is 35.0 Å². The van der Waals surface area contributed by atoms with Crippen molar-refractivity contribution in [1.29, 1.82) is 0 Å². The minimum Gasteiger partial charge on any atom is -0.502 e. The summed E-state index contributed by atoms with van der Waals surface area (Å²) in [6.45, 7) is 5.97. The number of halogens is 2. The largest absolute Gasteiger partial charge is 0.502 e. The molecule has 0 aliphatic carbocycles. The fourth-order valence-corrected chi connectivity index (χ4v) is 2.81. The third kappa shape index (κ3) is 5.02. The Balaban J connectivity index is 2.12. The molecule has 0 saturated carbocycles. The van der Waals surface area contributed by atoms with E-state index in [1.54, 1.807) is 11.3 Å². The third-order valence-corrected chi connectivity index (χ3v) is 4.20. The molecule has 0 unspecified atom stereocenters. The van der Waals surface area contributed by atoms with Crippen LogP contribution in [0.5, 0.6) is 0 Å². The summed E-state index contributed by atoms with van der Waals surface area (Å²) in [5, 5.41) is 3.32. The molecule has 0 aliphatic rings. The molecule has 0 atom stereocenters. The highest BCUT2D eigenvalue weighted by Crippen LogP contribution is 2.31. The first kappa shape index (κ1) is 13.0. The molecule has 84 valence electrons. The van der Waals surface area contributed by atoms with Crippen molar-refractivity contribution in [2.45, 2.75) is 13.0 Å². The van der Waals surface area contributed by atoms with Crippen molar-refractivity contribution in [2.75, 3.05) is 13.2 Å². The molecular formula is C10H13BrClNOS. The average molecular weight is 311 g/mol. The summed E-state index contributed by atoms with van der Waals surface area (Å²) in [4.78, 5) is 1.23. The molecule has 0 bridgehead atoms. The quantitative estimate of drug-likeness (QED) is 0.611. The Morgan fingerprint density at radius 1 is 1.67 bits per heavy atom. The Kier molecular flexibility index (Phi) is 6.32. The number of ether oxygens (including phenoxy) is 1. The van der Waals surface area contributed by atoms with Crippen LogP contribution in [0, 0.1) is 0 Å². The second kappa shape index (κ2) is 7.28. The van der Waals surface area contributed by atoms with E-state index in [1.165, 1.54) is 11.1 Å². The van der Waals surface area contributed by atoms with Crippen LogP contribution in [0.15, 0.2) is 23.4 Å². The van der Waals surface area contributed by atoms with Crippen molar-refractivity contribution in [3.8, 4) is 0 Å². The van der Waals surface area contributed by atoms with E-state index in [2.05, 4.69) is 27.8 Å². The molecule has 0 aliphatic heterocycles. The summed E-state index contributed by atoms with van der Waals surface area (Å²) < 4.78 is 6.79. The van der Waals surface area contributed by atoms with Crippen molar-refractivity contribution >= 4 is 38.9 Å². The summed E-state index contributed by atoms with van der Waals surface area (Å²) in [6, 6.07) is 2.04. The van der Waals surface area contributed by atoms with Gasteiger partial charge in [-0.2, -0.15) is 0 Å². The Labute approximate surface area is 107 Å². The van der Waals surface area contributed by atoms with Gasteiger partial charge in [0.2, 0.25) is 0 Å². The van der Waals surface area contributed by atoms with Crippen LogP contribution in [0.25, 0.3) is 0 Å². The van der Waals surface area contributed by atoms with Gasteiger partial charge in [-0.15, -0.1) is 11.3 Å². The van der Waals surface area contributed by atoms with E-state index in [4.69, 9.17) is 16.3 Å². The van der Waals surface area contributed by atoms with Crippen LogP contribution >= 0.6 is 38.9 Å². The third-order valence-electron chi connectivity index (χ3n) is 1.73. The average Bonchev–Trinajstić information content (AvgIpc) is 2.52. The number of hydrogen-bond donors (Lipinski definition) is 1. The van der Waals surface area contributed by atoms with Crippen LogP contribution in [-0.2, 0) is 11.3 Å². The molecule has 5 heteroatoms. The fraction of sp³-hybridized carbons (Fsp3) is 0.400. The first-order valence-electron chi connectivity index (χ1n) is 4.61. The number of thiophene rings is 1. The van der Waals surface area contributed by atoms with Crippen LogP contribution in [0.4, 0.5) is 0 Å². The zero-order valence-electron chi connectivity index (χ0n) is 8.26. The summed E-state index contributed by atoms with van der Waals surface area (Å²) >= 11 is 10.9. The first-order valence-corrected chi connectivity index (χ1v) is 6.59. The minimum atomic E-state index is 0.714. The monoisotopic (exact) mass is 309 g/mol. The first-order chi connectivity index (χ1) is 7.24. The van der Waals surface area contributed by atoms with Crippen LogP contribution in [-0.4, -0.2) is 13.2 Å². The standard InChI is InChI=1S/C10H13BrClNOS/c1-2-14-5-3-4-13-7-8-6-9(11)10(12)15-8/h2,6,13H,1,3-5,7H2. The maximum Gasteiger partial charge on any atom is 0.107 e. The molecule has 15 heavy (non-hydrogen) atoms. The molecule has 0 saturated heterocycles. The summed E-state index contributed by atoms with van der Waals surface area (Å²) in [5.74, 6) is 0. The van der Waals surface area contributed by atoms with Gasteiger partial charge in [0.15, 0.2) is 0 Å². The molecule has 2 nitrogen and oxygen atoms in total. The summed E-state index contributed by atoms with van der Waals surface area (Å²) in [7, 11) is 0. The predicted molar refractivity (Wildman–Crippen MR) is 69.5 cm³/mol. The lowest BCUT2D eigenvalue weighted by molar-refractivity contribution is 0.244. The highest BCUT2D eigenvalue weighted by molar-refractivity contribution is 9.10. The maximum absolute atomic E-state index is 5.92. The highest BCUT2D eigenvalue weighted by atomic mass is 79.9. The Morgan fingerprint density at radius 3 is 3.07 bits per heavy atom. The summed E-state index contributed by atoms with van der Waals surface area (Å²) in [5.41, 5.74) is 0. The normalized spacial score (nSPS) is 10.3. The molecule has 1 rings (SSSR count). The number of hydrogen-bond acceptors (Lipinski definition) is 3. The van der Waals surface area contributed by atoms with Gasteiger partial charge in [-0.1, -0.05) is 18.2 Å². The van der Waals surface area contributed by atoms with Gasteiger partial charge in [-0.3, -0.25) is 0 Å². The molecule has 0 fully saturated rings. The second-order valence-corrected chi connectivity index (χ2v) is 5.50. The lowest BCUT2D eigenvalue weighted by Gasteiger charge is -2.02. The molecule has 1 N–H and O–H groups in total. The van der Waals surface area contributed by atoms with Crippen LogP contribution < -0.4 is 5.32 Å². The number of rotatable bonds is 7.